The molecule has 0 aliphatic carbocycles. The van der Waals surface area contributed by atoms with Gasteiger partial charge in [-0.05, 0) is 0 Å². The van der Waals surface area contributed by atoms with Crippen LogP contribution in [0.3, 0.4) is 0 Å². The van der Waals surface area contributed by atoms with Gasteiger partial charge in [-0.15, -0.1) is 4.13 Å². The molecule has 0 bridgehead atoms. The summed E-state index contributed by atoms with van der Waals surface area (Å²) in [5.74, 6) is -15.4. The van der Waals surface area contributed by atoms with Gasteiger partial charge in [0.15, 0.2) is 0 Å². The topological polar surface area (TPSA) is 259 Å². The molecule has 0 rings (SSSR count). The van der Waals surface area contributed by atoms with Gasteiger partial charge in [-0.2, -0.15) is 82.7 Å². The van der Waals surface area contributed by atoms with Gasteiger partial charge in [0.25, 0.3) is 20.0 Å². The monoisotopic (exact) mass is 901 g/mol. The summed E-state index contributed by atoms with van der Waals surface area (Å²) in [6, 6.07) is 0. The zero-order valence-electron chi connectivity index (χ0n) is 22.7. The molecule has 0 amide bonds. The highest BCUT2D eigenvalue weighted by Crippen LogP contribution is 2.52. The lowest BCUT2D eigenvalue weighted by Crippen LogP contribution is -2.63. The van der Waals surface area contributed by atoms with Gasteiger partial charge in [-0.1, -0.05) is 4.13 Å². The molecule has 0 saturated carbocycles. The standard InChI is InChI=1S/C12H14F15N3O14S6/c1-45(31,32)29-46(33,34)8(17,18)6(13,14)10(21,22)49(39,40)43-4-2-28-3-5-44-50(41,42)11(23,24)7(15,16)9(19,20)47(35,36)30-48(37,38)12(25,26)27/h28-30H,2-5H2,1H3. The number of hydrogen-bond acceptors (Lipinski definition) is 15. The Labute approximate surface area is 269 Å². The molecule has 0 aromatic rings. The normalized spacial score (nSPS) is 16.1. The van der Waals surface area contributed by atoms with Crippen LogP contribution in [0.2, 0.25) is 0 Å². The largest absolute Gasteiger partial charge is 0.512 e. The first kappa shape index (κ1) is 48.4. The molecule has 0 unspecified atom stereocenters. The van der Waals surface area contributed by atoms with E-state index in [0.29, 0.717) is 0 Å². The summed E-state index contributed by atoms with van der Waals surface area (Å²) in [5.41, 5.74) is -6.84. The van der Waals surface area contributed by atoms with Crippen LogP contribution in [0, 0.1) is 0 Å². The van der Waals surface area contributed by atoms with Gasteiger partial charge >= 0.3 is 68.6 Å². The molecule has 0 fully saturated rings. The number of halogens is 15. The zero-order chi connectivity index (χ0) is 40.9. The third-order valence-electron chi connectivity index (χ3n) is 4.58. The predicted octanol–water partition coefficient (Wildman–Crippen LogP) is -0.441. The minimum atomic E-state index is -8.11. The zero-order valence-corrected chi connectivity index (χ0v) is 27.6. The maximum Gasteiger partial charge on any atom is 0.512 e. The summed E-state index contributed by atoms with van der Waals surface area (Å²) in [4.78, 5) is 0. The Balaban J connectivity index is 5.67. The Kier molecular flexibility index (Phi) is 13.6. The summed E-state index contributed by atoms with van der Waals surface area (Å²) < 4.78 is 342. The van der Waals surface area contributed by atoms with Crippen LogP contribution in [-0.2, 0) is 68.7 Å². The molecule has 0 atom stereocenters. The second-order valence-corrected chi connectivity index (χ2v) is 19.1. The van der Waals surface area contributed by atoms with Gasteiger partial charge in [0.05, 0.1) is 19.5 Å². The maximum atomic E-state index is 13.9. The van der Waals surface area contributed by atoms with Crippen LogP contribution in [0.25, 0.3) is 0 Å². The van der Waals surface area contributed by atoms with Gasteiger partial charge in [0, 0.05) is 13.1 Å². The number of hydrogen-bond donors (Lipinski definition) is 3. The molecule has 302 valence electrons. The second kappa shape index (κ2) is 14.0. The van der Waals surface area contributed by atoms with Crippen molar-refractivity contribution in [3.05, 3.63) is 0 Å². The van der Waals surface area contributed by atoms with Gasteiger partial charge in [0.1, 0.15) is 0 Å². The van der Waals surface area contributed by atoms with Crippen LogP contribution in [0.1, 0.15) is 0 Å². The summed E-state index contributed by atoms with van der Waals surface area (Å²) >= 11 is 0. The lowest BCUT2D eigenvalue weighted by molar-refractivity contribution is -0.246. The lowest BCUT2D eigenvalue weighted by atomic mass is 10.3. The molecule has 0 aromatic carbocycles. The van der Waals surface area contributed by atoms with Crippen molar-refractivity contribution in [1.29, 1.82) is 0 Å². The van der Waals surface area contributed by atoms with Crippen molar-refractivity contribution in [1.82, 2.24) is 13.6 Å². The van der Waals surface area contributed by atoms with E-state index in [-0.39, 0.29) is 10.4 Å². The SMILES string of the molecule is CS(=O)(=O)NS(=O)(=O)C(F)(F)C(F)(F)C(F)(F)S(=O)(=O)OCCNCCOS(=O)(=O)C(F)(F)C(F)(F)C(F)(F)S(=O)(=O)NS(=O)(=O)C(F)(F)F. The van der Waals surface area contributed by atoms with E-state index in [1.54, 1.807) is 0 Å². The molecule has 0 aliphatic heterocycles. The maximum absolute atomic E-state index is 13.9. The Morgan fingerprint density at radius 2 is 0.720 bits per heavy atom. The Hall–Kier alpha value is -1.55. The molecule has 0 aliphatic rings. The molecule has 0 saturated heterocycles. The van der Waals surface area contributed by atoms with Crippen LogP contribution in [0.5, 0.6) is 0 Å². The fourth-order valence-corrected chi connectivity index (χ4v) is 9.02. The van der Waals surface area contributed by atoms with Crippen LogP contribution < -0.4 is 13.6 Å². The minimum absolute atomic E-state index is 0.142. The van der Waals surface area contributed by atoms with Gasteiger partial charge in [-0.3, -0.25) is 8.37 Å². The molecule has 17 nitrogen and oxygen atoms in total. The molecular formula is C12H14F15N3O14S6. The molecular weight excluding hydrogens is 888 g/mol. The van der Waals surface area contributed by atoms with E-state index in [2.05, 4.69) is 8.37 Å². The third-order valence-corrected chi connectivity index (χ3v) is 13.6. The van der Waals surface area contributed by atoms with Crippen LogP contribution in [0.4, 0.5) is 65.9 Å². The fourth-order valence-electron chi connectivity index (χ4n) is 2.21. The van der Waals surface area contributed by atoms with E-state index in [9.17, 15) is 116 Å². The van der Waals surface area contributed by atoms with Crippen molar-refractivity contribution in [3.8, 4) is 0 Å². The van der Waals surface area contributed by atoms with Gasteiger partial charge in [-0.25, -0.2) is 33.7 Å². The van der Waals surface area contributed by atoms with Crippen LogP contribution >= 0.6 is 0 Å². The van der Waals surface area contributed by atoms with E-state index in [1.807, 2.05) is 0 Å². The molecule has 50 heavy (non-hydrogen) atoms. The highest BCUT2D eigenvalue weighted by Gasteiger charge is 2.84. The Morgan fingerprint density at radius 3 is 0.980 bits per heavy atom. The summed E-state index contributed by atoms with van der Waals surface area (Å²) in [7, 11) is -43.3. The second-order valence-electron chi connectivity index (χ2n) is 8.41. The van der Waals surface area contributed by atoms with Gasteiger partial charge in [0.2, 0.25) is 10.0 Å². The van der Waals surface area contributed by atoms with Crippen molar-refractivity contribution in [2.75, 3.05) is 32.6 Å². The highest BCUT2D eigenvalue weighted by atomic mass is 32.3. The van der Waals surface area contributed by atoms with Crippen molar-refractivity contribution < 1.29 is 125 Å². The van der Waals surface area contributed by atoms with E-state index in [1.165, 1.54) is 5.32 Å². The van der Waals surface area contributed by atoms with E-state index in [0.717, 1.165) is 0 Å². The number of rotatable bonds is 20. The van der Waals surface area contributed by atoms with Crippen molar-refractivity contribution in [3.63, 3.8) is 0 Å². The Morgan fingerprint density at radius 1 is 0.440 bits per heavy atom. The first-order valence-corrected chi connectivity index (χ1v) is 19.9. The first-order valence-electron chi connectivity index (χ1n) is 10.7. The number of alkyl halides is 15. The van der Waals surface area contributed by atoms with Crippen LogP contribution in [-0.4, -0.2) is 121 Å². The smallest absolute Gasteiger partial charge is 0.312 e. The number of sulfonamides is 4. The Bertz CT molecular complexity index is 1930. The average molecular weight is 902 g/mol. The lowest BCUT2D eigenvalue weighted by Gasteiger charge is -2.31. The minimum Gasteiger partial charge on any atom is -0.312 e. The highest BCUT2D eigenvalue weighted by molar-refractivity contribution is 8.05. The van der Waals surface area contributed by atoms with E-state index in [4.69, 9.17) is 0 Å². The van der Waals surface area contributed by atoms with Crippen molar-refractivity contribution in [2.45, 2.75) is 38.4 Å². The van der Waals surface area contributed by atoms with Crippen molar-refractivity contribution >= 4 is 60.3 Å². The third kappa shape index (κ3) is 8.97. The summed E-state index contributed by atoms with van der Waals surface area (Å²) in [5, 5.41) is -28.1. The molecule has 0 radical (unpaired) electrons. The summed E-state index contributed by atoms with van der Waals surface area (Å²) in [6.07, 6.45) is -0.240. The first-order chi connectivity index (χ1) is 21.4. The molecule has 0 heterocycles. The summed E-state index contributed by atoms with van der Waals surface area (Å²) in [6.45, 7) is -6.88. The molecule has 0 spiro atoms. The van der Waals surface area contributed by atoms with Crippen molar-refractivity contribution in [2.24, 2.45) is 0 Å². The fraction of sp³-hybridized carbons (Fsp3) is 1.00. The molecule has 3 N–H and O–H groups in total. The quantitative estimate of drug-likeness (QED) is 0.0795. The average Bonchev–Trinajstić information content (AvgIpc) is 2.84. The number of nitrogens with one attached hydrogen (secondary N) is 3. The molecule has 0 aromatic heterocycles. The van der Waals surface area contributed by atoms with Gasteiger partial charge < -0.3 is 5.32 Å². The molecule has 38 heteroatoms. The van der Waals surface area contributed by atoms with E-state index >= 15 is 0 Å². The van der Waals surface area contributed by atoms with Crippen LogP contribution in [0.15, 0.2) is 0 Å². The van der Waals surface area contributed by atoms with E-state index < -0.39 is 129 Å². The predicted molar refractivity (Wildman–Crippen MR) is 126 cm³/mol.